The first-order valence-corrected chi connectivity index (χ1v) is 17.3. The van der Waals surface area contributed by atoms with E-state index in [0.717, 1.165) is 41.5 Å². The minimum absolute atomic E-state index is 0.0246. The van der Waals surface area contributed by atoms with Gasteiger partial charge in [-0.3, -0.25) is 33.8 Å². The maximum atomic E-state index is 14.2. The van der Waals surface area contributed by atoms with Crippen molar-refractivity contribution < 1.29 is 81.7 Å². The van der Waals surface area contributed by atoms with Gasteiger partial charge in [0.05, 0.1) is 29.2 Å². The number of aliphatic hydroxyl groups excluding tert-OH is 1. The molecule has 1 saturated heterocycles. The molecule has 0 aromatic carbocycles. The maximum absolute atomic E-state index is 14.2. The molecule has 18 nitrogen and oxygen atoms in total. The second-order valence-corrected chi connectivity index (χ2v) is 14.7. The van der Waals surface area contributed by atoms with Gasteiger partial charge in [-0.05, 0) is 26.0 Å². The lowest BCUT2D eigenvalue weighted by Gasteiger charge is -2.67. The highest BCUT2D eigenvalue weighted by atomic mass is 16.7. The topological polar surface area (TPSA) is 247 Å². The molecule has 3 fully saturated rings. The molecule has 18 heteroatoms. The van der Waals surface area contributed by atoms with Gasteiger partial charge in [-0.1, -0.05) is 13.8 Å². The lowest BCUT2D eigenvalue weighted by molar-refractivity contribution is -0.386. The first-order chi connectivity index (χ1) is 25.1. The summed E-state index contributed by atoms with van der Waals surface area (Å²) >= 11 is 0. The van der Waals surface area contributed by atoms with Crippen LogP contribution in [0.1, 0.15) is 84.3 Å². The Balaban J connectivity index is 1.95. The molecule has 2 aliphatic carbocycles. The predicted molar refractivity (Wildman–Crippen MR) is 176 cm³/mol. The van der Waals surface area contributed by atoms with Crippen molar-refractivity contribution in [2.45, 2.75) is 122 Å². The number of nitrogens with zero attached hydrogens (tertiary/aromatic N) is 1. The molecule has 2 N–H and O–H groups in total. The molecule has 4 bridgehead atoms. The van der Waals surface area contributed by atoms with E-state index >= 15 is 0 Å². The minimum Gasteiger partial charge on any atom is -0.465 e. The van der Waals surface area contributed by atoms with Crippen molar-refractivity contribution in [1.82, 2.24) is 4.98 Å². The smallest absolute Gasteiger partial charge is 0.340 e. The molecule has 296 valence electrons. The molecule has 1 spiro atoms. The average Bonchev–Trinajstić information content (AvgIpc) is 3.27. The maximum Gasteiger partial charge on any atom is 0.340 e. The Bertz CT molecular complexity index is 1740. The number of carbonyl (C=O) groups is 7. The van der Waals surface area contributed by atoms with Crippen LogP contribution in [0.2, 0.25) is 0 Å². The summed E-state index contributed by atoms with van der Waals surface area (Å²) in [5, 5.41) is 25.9. The second kappa shape index (κ2) is 14.2. The number of carbonyl (C=O) groups excluding carboxylic acids is 7. The highest BCUT2D eigenvalue weighted by Gasteiger charge is 2.90. The minimum atomic E-state index is -2.78. The molecule has 0 amide bonds. The number of cyclic esters (lactones) is 1. The van der Waals surface area contributed by atoms with Crippen molar-refractivity contribution in [1.29, 1.82) is 0 Å². The molecule has 13 atom stereocenters. The summed E-state index contributed by atoms with van der Waals surface area (Å²) in [7, 11) is 0. The fourth-order valence-electron chi connectivity index (χ4n) is 8.96. The van der Waals surface area contributed by atoms with Gasteiger partial charge in [-0.25, -0.2) is 4.79 Å². The number of aromatic nitrogens is 1. The van der Waals surface area contributed by atoms with E-state index in [4.69, 9.17) is 37.9 Å². The van der Waals surface area contributed by atoms with E-state index < -0.39 is 132 Å². The molecule has 1 aromatic rings. The van der Waals surface area contributed by atoms with Crippen molar-refractivity contribution in [3.8, 4) is 0 Å². The second-order valence-electron chi connectivity index (χ2n) is 14.7. The van der Waals surface area contributed by atoms with Gasteiger partial charge in [0.15, 0.2) is 24.4 Å². The number of pyridine rings is 1. The van der Waals surface area contributed by atoms with Crippen molar-refractivity contribution in [3.05, 3.63) is 29.6 Å². The van der Waals surface area contributed by atoms with Crippen molar-refractivity contribution >= 4 is 41.8 Å². The molecule has 5 rings (SSSR count). The lowest BCUT2D eigenvalue weighted by atomic mass is 9.45. The zero-order valence-electron chi connectivity index (χ0n) is 31.3. The molecule has 54 heavy (non-hydrogen) atoms. The number of esters is 7. The van der Waals surface area contributed by atoms with E-state index in [1.165, 1.54) is 32.2 Å². The van der Waals surface area contributed by atoms with Gasteiger partial charge in [0, 0.05) is 46.7 Å². The predicted octanol–water partition coefficient (Wildman–Crippen LogP) is 0.463. The highest BCUT2D eigenvalue weighted by molar-refractivity contribution is 5.91. The Kier molecular flexibility index (Phi) is 10.6. The third kappa shape index (κ3) is 6.17. The molecule has 3 heterocycles. The fourth-order valence-corrected chi connectivity index (χ4v) is 8.96. The monoisotopic (exact) mass is 763 g/mol. The van der Waals surface area contributed by atoms with Crippen LogP contribution in [0.3, 0.4) is 0 Å². The summed E-state index contributed by atoms with van der Waals surface area (Å²) in [5.74, 6) is -10.5. The van der Waals surface area contributed by atoms with Gasteiger partial charge in [-0.2, -0.15) is 0 Å². The Morgan fingerprint density at radius 1 is 0.852 bits per heavy atom. The van der Waals surface area contributed by atoms with Gasteiger partial charge >= 0.3 is 41.8 Å². The SMILES string of the molecule is CC(=O)OC[C@]12[C@H](OC(C)=O)[C@H](OC(C)=O)[C@@H]3[C@@H](O)[C@@]14O[C@@]3(C)COC(=O)c1cccnc1[C@@H](C)[C@H](C)C(=O)O[C@@H]([C@H](OC(C)=O)[C@@H]2OC(C)=O)[C@]4(C)O. The van der Waals surface area contributed by atoms with Gasteiger partial charge in [0.1, 0.15) is 41.5 Å². The first-order valence-electron chi connectivity index (χ1n) is 17.3. The van der Waals surface area contributed by atoms with Gasteiger partial charge < -0.3 is 48.1 Å². The van der Waals surface area contributed by atoms with Gasteiger partial charge in [-0.15, -0.1) is 0 Å². The first kappa shape index (κ1) is 40.5. The summed E-state index contributed by atoms with van der Waals surface area (Å²) in [6, 6.07) is 2.91. The van der Waals surface area contributed by atoms with Gasteiger partial charge in [0.2, 0.25) is 0 Å². The Morgan fingerprint density at radius 2 is 1.41 bits per heavy atom. The molecule has 2 aliphatic heterocycles. The molecule has 0 unspecified atom stereocenters. The van der Waals surface area contributed by atoms with Crippen LogP contribution in [0, 0.1) is 17.3 Å². The Morgan fingerprint density at radius 3 is 1.96 bits per heavy atom. The Hall–Kier alpha value is -4.68. The number of ether oxygens (including phenoxy) is 8. The summed E-state index contributed by atoms with van der Waals surface area (Å²) in [4.78, 5) is 96.9. The van der Waals surface area contributed by atoms with Crippen LogP contribution < -0.4 is 0 Å². The van der Waals surface area contributed by atoms with Crippen LogP contribution in [-0.4, -0.2) is 124 Å². The Labute approximate surface area is 310 Å². The number of aliphatic hydroxyl groups is 2. The van der Waals surface area contributed by atoms with E-state index in [1.807, 2.05) is 0 Å². The summed E-state index contributed by atoms with van der Waals surface area (Å²) in [6.45, 7) is 8.75. The molecule has 4 aliphatic rings. The van der Waals surface area contributed by atoms with Crippen molar-refractivity contribution in [3.63, 3.8) is 0 Å². The molecule has 1 aromatic heterocycles. The zero-order chi connectivity index (χ0) is 40.3. The van der Waals surface area contributed by atoms with Crippen molar-refractivity contribution in [2.24, 2.45) is 17.3 Å². The molecule has 2 saturated carbocycles. The van der Waals surface area contributed by atoms with E-state index in [-0.39, 0.29) is 11.3 Å². The van der Waals surface area contributed by atoms with Crippen LogP contribution >= 0.6 is 0 Å². The van der Waals surface area contributed by atoms with E-state index in [2.05, 4.69) is 4.98 Å². The summed E-state index contributed by atoms with van der Waals surface area (Å²) in [5.41, 5.74) is -9.93. The highest BCUT2D eigenvalue weighted by Crippen LogP contribution is 2.69. The van der Waals surface area contributed by atoms with Crippen LogP contribution in [0.25, 0.3) is 0 Å². The van der Waals surface area contributed by atoms with Crippen LogP contribution in [-0.2, 0) is 66.7 Å². The largest absolute Gasteiger partial charge is 0.465 e. The van der Waals surface area contributed by atoms with Crippen LogP contribution in [0.15, 0.2) is 18.3 Å². The van der Waals surface area contributed by atoms with E-state index in [0.29, 0.717) is 0 Å². The summed E-state index contributed by atoms with van der Waals surface area (Å²) < 4.78 is 47.5. The third-order valence-electron chi connectivity index (χ3n) is 11.2. The standard InChI is InChI=1S/C36H45NO17/c1-15-16(2)31(44)53-28-26(50-19(5)40)30(52-21(7)42)35(14-47-17(3)38)29(51-20(6)41)25(49-18(4)39)23-27(43)36(35,34(28,9)46)54-33(23,8)13-48-32(45)22-11-10-12-37-24(15)22/h10-12,15-16,23,25-30,43,46H,13-14H2,1-9H3/t15-,16-,23+,25+,26-,27+,28-,29+,30-,33-,34-,35+,36-/m0/s1. The average molecular weight is 764 g/mol. The van der Waals surface area contributed by atoms with E-state index in [9.17, 15) is 43.8 Å². The number of hydrogen-bond acceptors (Lipinski definition) is 18. The number of rotatable bonds is 6. The molecular formula is C36H45NO17. The lowest BCUT2D eigenvalue weighted by Crippen LogP contribution is -2.89. The molecular weight excluding hydrogens is 718 g/mol. The number of fused-ring (bicyclic) bond motifs is 5. The van der Waals surface area contributed by atoms with Crippen LogP contribution in [0.5, 0.6) is 0 Å². The zero-order valence-corrected chi connectivity index (χ0v) is 31.3. The van der Waals surface area contributed by atoms with Crippen molar-refractivity contribution in [2.75, 3.05) is 13.2 Å². The van der Waals surface area contributed by atoms with E-state index in [1.54, 1.807) is 6.92 Å². The van der Waals surface area contributed by atoms with Gasteiger partial charge in [0.25, 0.3) is 0 Å². The summed E-state index contributed by atoms with van der Waals surface area (Å²) in [6.07, 6.45) is -10.5. The third-order valence-corrected chi connectivity index (χ3v) is 11.2. The number of hydrogen-bond donors (Lipinski definition) is 2. The normalized spacial score (nSPS) is 39.8. The quantitative estimate of drug-likeness (QED) is 0.295. The van der Waals surface area contributed by atoms with Crippen LogP contribution in [0.4, 0.5) is 0 Å². The fraction of sp³-hybridized carbons (Fsp3) is 0.667. The molecule has 0 radical (unpaired) electrons.